The number of aromatic nitrogens is 2. The van der Waals surface area contributed by atoms with Crippen LogP contribution < -0.4 is 14.4 Å². The van der Waals surface area contributed by atoms with Crippen LogP contribution in [0.1, 0.15) is 24.4 Å². The van der Waals surface area contributed by atoms with E-state index in [9.17, 15) is 0 Å². The van der Waals surface area contributed by atoms with Crippen LogP contribution >= 0.6 is 0 Å². The largest absolute Gasteiger partial charge is 0.454 e. The smallest absolute Gasteiger partial charge is 0.231 e. The van der Waals surface area contributed by atoms with Crippen LogP contribution in [-0.2, 0) is 11.3 Å². The van der Waals surface area contributed by atoms with E-state index in [-0.39, 0.29) is 6.04 Å². The van der Waals surface area contributed by atoms with E-state index in [1.807, 2.05) is 25.4 Å². The van der Waals surface area contributed by atoms with Crippen LogP contribution in [0.4, 0.5) is 5.82 Å². The molecule has 0 radical (unpaired) electrons. The first-order valence-electron chi connectivity index (χ1n) is 8.99. The van der Waals surface area contributed by atoms with Gasteiger partial charge in [0.2, 0.25) is 6.79 Å². The number of morpholine rings is 1. The average molecular weight is 356 g/mol. The van der Waals surface area contributed by atoms with E-state index in [0.717, 1.165) is 49.4 Å². The standard InChI is InChI=1S/C19H24N4O3/c1-3-22(2)18-6-7-20-19(21-18)15-12-24-9-8-23(15)11-14-4-5-16-17(10-14)26-13-25-16/h4-7,10,15H,3,8-9,11-13H2,1-2H3. The summed E-state index contributed by atoms with van der Waals surface area (Å²) in [5.41, 5.74) is 1.18. The van der Waals surface area contributed by atoms with Gasteiger partial charge in [0.15, 0.2) is 11.5 Å². The summed E-state index contributed by atoms with van der Waals surface area (Å²) in [6.07, 6.45) is 1.83. The number of hydrogen-bond acceptors (Lipinski definition) is 7. The van der Waals surface area contributed by atoms with E-state index in [4.69, 9.17) is 19.2 Å². The zero-order valence-corrected chi connectivity index (χ0v) is 15.2. The van der Waals surface area contributed by atoms with Gasteiger partial charge in [0.1, 0.15) is 11.6 Å². The fourth-order valence-electron chi connectivity index (χ4n) is 3.24. The van der Waals surface area contributed by atoms with E-state index >= 15 is 0 Å². The quantitative estimate of drug-likeness (QED) is 0.814. The third-order valence-corrected chi connectivity index (χ3v) is 4.88. The van der Waals surface area contributed by atoms with Crippen molar-refractivity contribution in [3.8, 4) is 11.5 Å². The number of nitrogens with zero attached hydrogens (tertiary/aromatic N) is 4. The molecular formula is C19H24N4O3. The maximum absolute atomic E-state index is 5.73. The molecule has 26 heavy (non-hydrogen) atoms. The van der Waals surface area contributed by atoms with Crippen molar-refractivity contribution in [2.45, 2.75) is 19.5 Å². The van der Waals surface area contributed by atoms with Crippen LogP contribution in [0.5, 0.6) is 11.5 Å². The van der Waals surface area contributed by atoms with Crippen molar-refractivity contribution < 1.29 is 14.2 Å². The molecule has 1 unspecified atom stereocenters. The minimum absolute atomic E-state index is 0.0411. The van der Waals surface area contributed by atoms with Crippen molar-refractivity contribution in [3.63, 3.8) is 0 Å². The third-order valence-electron chi connectivity index (χ3n) is 4.88. The number of hydrogen-bond donors (Lipinski definition) is 0. The highest BCUT2D eigenvalue weighted by molar-refractivity contribution is 5.44. The van der Waals surface area contributed by atoms with E-state index in [0.29, 0.717) is 13.4 Å². The minimum Gasteiger partial charge on any atom is -0.454 e. The highest BCUT2D eigenvalue weighted by atomic mass is 16.7. The summed E-state index contributed by atoms with van der Waals surface area (Å²) in [6, 6.07) is 8.10. The molecule has 1 aromatic carbocycles. The van der Waals surface area contributed by atoms with Crippen molar-refractivity contribution >= 4 is 5.82 Å². The van der Waals surface area contributed by atoms with Crippen LogP contribution in [0, 0.1) is 0 Å². The topological polar surface area (TPSA) is 60.0 Å². The van der Waals surface area contributed by atoms with Gasteiger partial charge < -0.3 is 19.1 Å². The minimum atomic E-state index is 0.0411. The summed E-state index contributed by atoms with van der Waals surface area (Å²) < 4.78 is 16.6. The fraction of sp³-hybridized carbons (Fsp3) is 0.474. The van der Waals surface area contributed by atoms with Gasteiger partial charge in [0.05, 0.1) is 19.3 Å². The SMILES string of the molecule is CCN(C)c1ccnc(C2COCCN2Cc2ccc3c(c2)OCO3)n1. The fourth-order valence-corrected chi connectivity index (χ4v) is 3.24. The average Bonchev–Trinajstić information content (AvgIpc) is 3.16. The van der Waals surface area contributed by atoms with Crippen molar-refractivity contribution in [1.82, 2.24) is 14.9 Å². The van der Waals surface area contributed by atoms with Crippen LogP contribution in [-0.4, -0.2) is 55.0 Å². The Bertz CT molecular complexity index is 770. The molecule has 2 aliphatic rings. The lowest BCUT2D eigenvalue weighted by Crippen LogP contribution is -2.40. The summed E-state index contributed by atoms with van der Waals surface area (Å²) >= 11 is 0. The highest BCUT2D eigenvalue weighted by Gasteiger charge is 2.28. The lowest BCUT2D eigenvalue weighted by atomic mass is 10.1. The van der Waals surface area contributed by atoms with Gasteiger partial charge >= 0.3 is 0 Å². The monoisotopic (exact) mass is 356 g/mol. The molecule has 7 nitrogen and oxygen atoms in total. The Morgan fingerprint density at radius 3 is 3.00 bits per heavy atom. The van der Waals surface area contributed by atoms with Gasteiger partial charge in [-0.25, -0.2) is 9.97 Å². The molecule has 0 amide bonds. The Hall–Kier alpha value is -2.38. The van der Waals surface area contributed by atoms with Crippen molar-refractivity contribution in [2.24, 2.45) is 0 Å². The van der Waals surface area contributed by atoms with E-state index in [1.54, 1.807) is 0 Å². The first-order valence-corrected chi connectivity index (χ1v) is 8.99. The van der Waals surface area contributed by atoms with Gasteiger partial charge in [-0.1, -0.05) is 6.07 Å². The zero-order chi connectivity index (χ0) is 17.9. The molecule has 0 N–H and O–H groups in total. The van der Waals surface area contributed by atoms with Gasteiger partial charge in [-0.2, -0.15) is 0 Å². The molecule has 7 heteroatoms. The molecule has 138 valence electrons. The maximum Gasteiger partial charge on any atom is 0.231 e. The second-order valence-corrected chi connectivity index (χ2v) is 6.54. The molecule has 0 saturated carbocycles. The molecule has 1 atom stereocenters. The molecule has 0 bridgehead atoms. The molecule has 2 aliphatic heterocycles. The van der Waals surface area contributed by atoms with Crippen molar-refractivity contribution in [3.05, 3.63) is 41.9 Å². The second-order valence-electron chi connectivity index (χ2n) is 6.54. The number of ether oxygens (including phenoxy) is 3. The van der Waals surface area contributed by atoms with Crippen LogP contribution in [0.2, 0.25) is 0 Å². The molecular weight excluding hydrogens is 332 g/mol. The zero-order valence-electron chi connectivity index (χ0n) is 15.2. The van der Waals surface area contributed by atoms with Crippen LogP contribution in [0.25, 0.3) is 0 Å². The molecule has 0 aliphatic carbocycles. The summed E-state index contributed by atoms with van der Waals surface area (Å²) in [4.78, 5) is 13.8. The van der Waals surface area contributed by atoms with Gasteiger partial charge in [-0.15, -0.1) is 0 Å². The van der Waals surface area contributed by atoms with Crippen LogP contribution in [0.15, 0.2) is 30.5 Å². The van der Waals surface area contributed by atoms with E-state index < -0.39 is 0 Å². The Morgan fingerprint density at radius 2 is 2.12 bits per heavy atom. The lowest BCUT2D eigenvalue weighted by molar-refractivity contribution is -0.0159. The normalized spacial score (nSPS) is 19.5. The summed E-state index contributed by atoms with van der Waals surface area (Å²) in [7, 11) is 2.04. The van der Waals surface area contributed by atoms with E-state index in [2.05, 4.69) is 33.8 Å². The number of benzene rings is 1. The molecule has 4 rings (SSSR count). The van der Waals surface area contributed by atoms with Crippen molar-refractivity contribution in [2.75, 3.05) is 45.0 Å². The molecule has 1 aromatic heterocycles. The van der Waals surface area contributed by atoms with Gasteiger partial charge in [0.25, 0.3) is 0 Å². The van der Waals surface area contributed by atoms with Crippen molar-refractivity contribution in [1.29, 1.82) is 0 Å². The Morgan fingerprint density at radius 1 is 1.23 bits per heavy atom. The van der Waals surface area contributed by atoms with Crippen LogP contribution in [0.3, 0.4) is 0 Å². The van der Waals surface area contributed by atoms with Gasteiger partial charge in [0, 0.05) is 32.9 Å². The number of anilines is 1. The van der Waals surface area contributed by atoms with E-state index in [1.165, 1.54) is 5.56 Å². The first-order chi connectivity index (χ1) is 12.7. The van der Waals surface area contributed by atoms with Gasteiger partial charge in [-0.05, 0) is 30.7 Å². The molecule has 0 spiro atoms. The predicted molar refractivity (Wildman–Crippen MR) is 97.5 cm³/mol. The number of rotatable bonds is 5. The first kappa shape index (κ1) is 17.1. The third kappa shape index (κ3) is 3.45. The summed E-state index contributed by atoms with van der Waals surface area (Å²) in [5.74, 6) is 3.37. The lowest BCUT2D eigenvalue weighted by Gasteiger charge is -2.34. The summed E-state index contributed by atoms with van der Waals surface area (Å²) in [6.45, 7) is 6.26. The predicted octanol–water partition coefficient (Wildman–Crippen LogP) is 2.23. The Labute approximate surface area is 153 Å². The van der Waals surface area contributed by atoms with Gasteiger partial charge in [-0.3, -0.25) is 4.90 Å². The second kappa shape index (κ2) is 7.47. The Balaban J connectivity index is 1.55. The number of fused-ring (bicyclic) bond motifs is 1. The molecule has 2 aromatic rings. The summed E-state index contributed by atoms with van der Waals surface area (Å²) in [5, 5.41) is 0. The maximum atomic E-state index is 5.73. The highest BCUT2D eigenvalue weighted by Crippen LogP contribution is 2.34. The molecule has 1 saturated heterocycles. The molecule has 1 fully saturated rings. The molecule has 3 heterocycles. The Kier molecular flexibility index (Phi) is 4.90.